The predicted molar refractivity (Wildman–Crippen MR) is 96.4 cm³/mol. The second kappa shape index (κ2) is 8.75. The van der Waals surface area contributed by atoms with Gasteiger partial charge in [0.25, 0.3) is 11.8 Å². The van der Waals surface area contributed by atoms with Crippen LogP contribution < -0.4 is 20.3 Å². The van der Waals surface area contributed by atoms with E-state index in [0.717, 1.165) is 0 Å². The molecule has 0 aliphatic heterocycles. The standard InChI is InChI=1S/C19H22N2O5/c1-12(2)11-26-16-8-7-14(10-17(16)25-3)19(24)21-20-18(23)13-5-4-6-15(22)9-13/h4-10,12,22H,11H2,1-3H3,(H,20,23)(H,21,24). The molecular weight excluding hydrogens is 336 g/mol. The largest absolute Gasteiger partial charge is 0.508 e. The molecule has 0 aliphatic rings. The van der Waals surface area contributed by atoms with Crippen LogP contribution in [-0.4, -0.2) is 30.6 Å². The molecule has 2 aromatic carbocycles. The molecule has 0 spiro atoms. The van der Waals surface area contributed by atoms with Gasteiger partial charge in [-0.3, -0.25) is 20.4 Å². The number of ether oxygens (including phenoxy) is 2. The van der Waals surface area contributed by atoms with Gasteiger partial charge in [-0.25, -0.2) is 0 Å². The fourth-order valence-electron chi connectivity index (χ4n) is 2.09. The molecule has 0 fully saturated rings. The Labute approximate surface area is 151 Å². The molecule has 2 amide bonds. The van der Waals surface area contributed by atoms with Crippen molar-refractivity contribution in [1.29, 1.82) is 0 Å². The Morgan fingerprint density at radius 3 is 2.23 bits per heavy atom. The van der Waals surface area contributed by atoms with E-state index in [1.165, 1.54) is 37.4 Å². The van der Waals surface area contributed by atoms with Crippen molar-refractivity contribution in [2.45, 2.75) is 13.8 Å². The normalized spacial score (nSPS) is 10.3. The highest BCUT2D eigenvalue weighted by atomic mass is 16.5. The van der Waals surface area contributed by atoms with Gasteiger partial charge in [-0.1, -0.05) is 19.9 Å². The Bertz CT molecular complexity index is 789. The third-order valence-electron chi connectivity index (χ3n) is 3.40. The van der Waals surface area contributed by atoms with Gasteiger partial charge in [0, 0.05) is 11.1 Å². The summed E-state index contributed by atoms with van der Waals surface area (Å²) in [6, 6.07) is 10.6. The molecule has 0 radical (unpaired) electrons. The monoisotopic (exact) mass is 358 g/mol. The molecule has 0 aromatic heterocycles. The second-order valence-electron chi connectivity index (χ2n) is 6.03. The van der Waals surface area contributed by atoms with Gasteiger partial charge in [0.15, 0.2) is 11.5 Å². The summed E-state index contributed by atoms with van der Waals surface area (Å²) < 4.78 is 10.9. The van der Waals surface area contributed by atoms with Gasteiger partial charge < -0.3 is 14.6 Å². The second-order valence-corrected chi connectivity index (χ2v) is 6.03. The molecule has 7 heteroatoms. The number of nitrogens with one attached hydrogen (secondary N) is 2. The number of amides is 2. The zero-order valence-corrected chi connectivity index (χ0v) is 14.9. The smallest absolute Gasteiger partial charge is 0.269 e. The number of hydrazine groups is 1. The van der Waals surface area contributed by atoms with Crippen molar-refractivity contribution in [3.05, 3.63) is 53.6 Å². The first kappa shape index (κ1) is 19.1. The minimum absolute atomic E-state index is 0.0364. The molecule has 26 heavy (non-hydrogen) atoms. The van der Waals surface area contributed by atoms with Crippen LogP contribution in [0.15, 0.2) is 42.5 Å². The van der Waals surface area contributed by atoms with Crippen molar-refractivity contribution in [3.8, 4) is 17.2 Å². The van der Waals surface area contributed by atoms with Crippen molar-refractivity contribution >= 4 is 11.8 Å². The van der Waals surface area contributed by atoms with Crippen molar-refractivity contribution in [3.63, 3.8) is 0 Å². The molecule has 0 saturated carbocycles. The molecule has 0 atom stereocenters. The first-order valence-electron chi connectivity index (χ1n) is 8.11. The van der Waals surface area contributed by atoms with Crippen LogP contribution in [0.5, 0.6) is 17.2 Å². The summed E-state index contributed by atoms with van der Waals surface area (Å²) >= 11 is 0. The maximum atomic E-state index is 12.2. The zero-order chi connectivity index (χ0) is 19.1. The lowest BCUT2D eigenvalue weighted by Gasteiger charge is -2.14. The number of rotatable bonds is 6. The van der Waals surface area contributed by atoms with E-state index in [-0.39, 0.29) is 11.3 Å². The van der Waals surface area contributed by atoms with Gasteiger partial charge in [0.05, 0.1) is 13.7 Å². The molecular formula is C19H22N2O5. The van der Waals surface area contributed by atoms with Gasteiger partial charge >= 0.3 is 0 Å². The zero-order valence-electron chi connectivity index (χ0n) is 14.9. The van der Waals surface area contributed by atoms with Gasteiger partial charge in [0.1, 0.15) is 5.75 Å². The maximum Gasteiger partial charge on any atom is 0.269 e. The van der Waals surface area contributed by atoms with E-state index in [4.69, 9.17) is 9.47 Å². The Hall–Kier alpha value is -3.22. The molecule has 138 valence electrons. The van der Waals surface area contributed by atoms with Gasteiger partial charge in [-0.15, -0.1) is 0 Å². The third-order valence-corrected chi connectivity index (χ3v) is 3.40. The van der Waals surface area contributed by atoms with Crippen LogP contribution in [0.2, 0.25) is 0 Å². The number of carbonyl (C=O) groups is 2. The van der Waals surface area contributed by atoms with Crippen molar-refractivity contribution < 1.29 is 24.2 Å². The van der Waals surface area contributed by atoms with E-state index in [9.17, 15) is 14.7 Å². The highest BCUT2D eigenvalue weighted by Crippen LogP contribution is 2.28. The Kier molecular flexibility index (Phi) is 6.43. The molecule has 0 unspecified atom stereocenters. The number of aromatic hydroxyl groups is 1. The summed E-state index contributed by atoms with van der Waals surface area (Å²) in [5, 5.41) is 9.39. The Balaban J connectivity index is 2.01. The average Bonchev–Trinajstić information content (AvgIpc) is 2.63. The molecule has 0 saturated heterocycles. The summed E-state index contributed by atoms with van der Waals surface area (Å²) in [6.07, 6.45) is 0. The fraction of sp³-hybridized carbons (Fsp3) is 0.263. The highest BCUT2D eigenvalue weighted by molar-refractivity contribution is 5.99. The van der Waals surface area contributed by atoms with Gasteiger partial charge in [-0.05, 0) is 42.3 Å². The first-order chi connectivity index (χ1) is 12.4. The lowest BCUT2D eigenvalue weighted by molar-refractivity contribution is 0.0846. The van der Waals surface area contributed by atoms with E-state index in [2.05, 4.69) is 10.9 Å². The molecule has 0 aliphatic carbocycles. The number of benzene rings is 2. The van der Waals surface area contributed by atoms with Crippen LogP contribution >= 0.6 is 0 Å². The van der Waals surface area contributed by atoms with Crippen molar-refractivity contribution in [2.75, 3.05) is 13.7 Å². The van der Waals surface area contributed by atoms with E-state index < -0.39 is 11.8 Å². The van der Waals surface area contributed by atoms with Crippen LogP contribution in [0.25, 0.3) is 0 Å². The van der Waals surface area contributed by atoms with Crippen molar-refractivity contribution in [2.24, 2.45) is 5.92 Å². The van der Waals surface area contributed by atoms with Gasteiger partial charge in [-0.2, -0.15) is 0 Å². The third kappa shape index (κ3) is 5.14. The number of phenolic OH excluding ortho intramolecular Hbond substituents is 1. The minimum Gasteiger partial charge on any atom is -0.508 e. The van der Waals surface area contributed by atoms with E-state index in [1.807, 2.05) is 13.8 Å². The number of phenols is 1. The topological polar surface area (TPSA) is 96.9 Å². The molecule has 0 heterocycles. The summed E-state index contributed by atoms with van der Waals surface area (Å²) in [5.74, 6) is 0.241. The van der Waals surface area contributed by atoms with E-state index >= 15 is 0 Å². The number of carbonyl (C=O) groups excluding carboxylic acids is 2. The lowest BCUT2D eigenvalue weighted by atomic mass is 10.2. The molecule has 0 bridgehead atoms. The van der Waals surface area contributed by atoms with E-state index in [0.29, 0.717) is 29.6 Å². The summed E-state index contributed by atoms with van der Waals surface area (Å²) in [7, 11) is 1.49. The van der Waals surface area contributed by atoms with E-state index in [1.54, 1.807) is 12.1 Å². The molecule has 2 aromatic rings. The first-order valence-corrected chi connectivity index (χ1v) is 8.11. The van der Waals surface area contributed by atoms with Crippen LogP contribution in [-0.2, 0) is 0 Å². The van der Waals surface area contributed by atoms with Crippen LogP contribution in [0.3, 0.4) is 0 Å². The highest BCUT2D eigenvalue weighted by Gasteiger charge is 2.13. The Morgan fingerprint density at radius 1 is 1.00 bits per heavy atom. The van der Waals surface area contributed by atoms with Crippen LogP contribution in [0.1, 0.15) is 34.6 Å². The molecule has 3 N–H and O–H groups in total. The maximum absolute atomic E-state index is 12.2. The minimum atomic E-state index is -0.543. The average molecular weight is 358 g/mol. The number of hydrogen-bond acceptors (Lipinski definition) is 5. The molecule has 2 rings (SSSR count). The summed E-state index contributed by atoms with van der Waals surface area (Å²) in [4.78, 5) is 24.2. The number of methoxy groups -OCH3 is 1. The quantitative estimate of drug-likeness (QED) is 0.690. The summed E-state index contributed by atoms with van der Waals surface area (Å²) in [5.41, 5.74) is 5.14. The Morgan fingerprint density at radius 2 is 1.65 bits per heavy atom. The lowest BCUT2D eigenvalue weighted by Crippen LogP contribution is -2.41. The SMILES string of the molecule is COc1cc(C(=O)NNC(=O)c2cccc(O)c2)ccc1OCC(C)C. The summed E-state index contributed by atoms with van der Waals surface area (Å²) in [6.45, 7) is 4.59. The molecule has 7 nitrogen and oxygen atoms in total. The van der Waals surface area contributed by atoms with Gasteiger partial charge in [0.2, 0.25) is 0 Å². The van der Waals surface area contributed by atoms with Crippen LogP contribution in [0.4, 0.5) is 0 Å². The predicted octanol–water partition coefficient (Wildman–Crippen LogP) is 2.51. The number of hydrogen-bond donors (Lipinski definition) is 3. The fourth-order valence-corrected chi connectivity index (χ4v) is 2.09. The van der Waals surface area contributed by atoms with Crippen LogP contribution in [0, 0.1) is 5.92 Å². The van der Waals surface area contributed by atoms with Crippen molar-refractivity contribution in [1.82, 2.24) is 10.9 Å².